The summed E-state index contributed by atoms with van der Waals surface area (Å²) >= 11 is 5.76. The maximum Gasteiger partial charge on any atom is 0.260 e. The van der Waals surface area contributed by atoms with E-state index in [1.165, 1.54) is 0 Å². The first-order chi connectivity index (χ1) is 13.7. The van der Waals surface area contributed by atoms with Gasteiger partial charge in [0.15, 0.2) is 0 Å². The molecule has 0 aliphatic heterocycles. The van der Waals surface area contributed by atoms with Crippen LogP contribution < -0.4 is 10.2 Å². The number of aromatic nitrogens is 2. The van der Waals surface area contributed by atoms with Gasteiger partial charge in [0, 0.05) is 5.56 Å². The standard InChI is InChI=1S/C21H14ClFN4O/c22-21-24-13-18(23)20(26-21)28-19-11-10-14-6-4-5-9-16(14)17(19)12-25-27-15-7-2-1-3-8-15/h1-13,27H/b25-12-. The van der Waals surface area contributed by atoms with Crippen LogP contribution in [-0.4, -0.2) is 16.2 Å². The molecule has 0 aliphatic rings. The number of halogens is 2. The van der Waals surface area contributed by atoms with Crippen LogP contribution in [0.1, 0.15) is 5.56 Å². The van der Waals surface area contributed by atoms with E-state index in [0.29, 0.717) is 11.3 Å². The summed E-state index contributed by atoms with van der Waals surface area (Å²) in [5, 5.41) is 6.10. The molecule has 1 aromatic heterocycles. The van der Waals surface area contributed by atoms with Crippen molar-refractivity contribution >= 4 is 34.3 Å². The van der Waals surface area contributed by atoms with E-state index in [1.54, 1.807) is 12.3 Å². The molecule has 4 aromatic rings. The van der Waals surface area contributed by atoms with Gasteiger partial charge in [0.05, 0.1) is 18.1 Å². The SMILES string of the molecule is Fc1cnc(Cl)nc1Oc1ccc2ccccc2c1/C=N\Nc1ccccc1. The molecule has 138 valence electrons. The zero-order valence-electron chi connectivity index (χ0n) is 14.5. The molecular weight excluding hydrogens is 379 g/mol. The van der Waals surface area contributed by atoms with Crippen LogP contribution in [0.4, 0.5) is 10.1 Å². The maximum absolute atomic E-state index is 14.0. The minimum Gasteiger partial charge on any atom is -0.436 e. The number of nitrogens with zero attached hydrogens (tertiary/aromatic N) is 3. The first-order valence-corrected chi connectivity index (χ1v) is 8.80. The van der Waals surface area contributed by atoms with Gasteiger partial charge in [0.2, 0.25) is 11.1 Å². The summed E-state index contributed by atoms with van der Waals surface area (Å²) in [4.78, 5) is 7.41. The van der Waals surface area contributed by atoms with Gasteiger partial charge in [0.1, 0.15) is 5.75 Å². The van der Waals surface area contributed by atoms with Crippen molar-refractivity contribution < 1.29 is 9.13 Å². The van der Waals surface area contributed by atoms with Crippen LogP contribution in [0.2, 0.25) is 5.28 Å². The van der Waals surface area contributed by atoms with Crippen LogP contribution in [0.3, 0.4) is 0 Å². The highest BCUT2D eigenvalue weighted by Gasteiger charge is 2.13. The Labute approximate surface area is 165 Å². The highest BCUT2D eigenvalue weighted by molar-refractivity contribution is 6.28. The van der Waals surface area contributed by atoms with Crippen LogP contribution >= 0.6 is 11.6 Å². The predicted octanol–water partition coefficient (Wildman–Crippen LogP) is 5.66. The van der Waals surface area contributed by atoms with Crippen molar-refractivity contribution in [3.05, 3.63) is 89.6 Å². The molecule has 0 amide bonds. The molecule has 0 radical (unpaired) electrons. The fraction of sp³-hybridized carbons (Fsp3) is 0. The second-order valence-corrected chi connectivity index (χ2v) is 6.17. The Morgan fingerprint density at radius 3 is 2.64 bits per heavy atom. The van der Waals surface area contributed by atoms with Gasteiger partial charge in [-0.25, -0.2) is 4.98 Å². The van der Waals surface area contributed by atoms with Crippen LogP contribution in [0, 0.1) is 5.82 Å². The van der Waals surface area contributed by atoms with E-state index >= 15 is 0 Å². The number of nitrogens with one attached hydrogen (secondary N) is 1. The van der Waals surface area contributed by atoms with Gasteiger partial charge in [-0.1, -0.05) is 48.5 Å². The van der Waals surface area contributed by atoms with Gasteiger partial charge in [-0.3, -0.25) is 5.43 Å². The Bertz CT molecular complexity index is 1150. The van der Waals surface area contributed by atoms with Crippen LogP contribution in [-0.2, 0) is 0 Å². The third kappa shape index (κ3) is 3.92. The highest BCUT2D eigenvalue weighted by Crippen LogP contribution is 2.31. The summed E-state index contributed by atoms with van der Waals surface area (Å²) in [5.74, 6) is -0.560. The van der Waals surface area contributed by atoms with Crippen molar-refractivity contribution in [2.24, 2.45) is 5.10 Å². The average Bonchev–Trinajstić information content (AvgIpc) is 2.73. The Morgan fingerprint density at radius 2 is 1.79 bits per heavy atom. The van der Waals surface area contributed by atoms with Crippen LogP contribution in [0.5, 0.6) is 11.6 Å². The number of hydrazone groups is 1. The minimum atomic E-state index is -0.706. The number of para-hydroxylation sites is 1. The molecule has 3 aromatic carbocycles. The normalized spacial score (nSPS) is 11.1. The quantitative estimate of drug-likeness (QED) is 0.270. The summed E-state index contributed by atoms with van der Waals surface area (Å²) in [7, 11) is 0. The van der Waals surface area contributed by atoms with E-state index < -0.39 is 5.82 Å². The largest absolute Gasteiger partial charge is 0.436 e. The first kappa shape index (κ1) is 17.9. The molecule has 1 heterocycles. The lowest BCUT2D eigenvalue weighted by atomic mass is 10.0. The number of benzene rings is 3. The maximum atomic E-state index is 14.0. The second-order valence-electron chi connectivity index (χ2n) is 5.83. The van der Waals surface area contributed by atoms with E-state index in [9.17, 15) is 4.39 Å². The number of anilines is 1. The molecule has 0 saturated carbocycles. The van der Waals surface area contributed by atoms with Gasteiger partial charge >= 0.3 is 0 Å². The summed E-state index contributed by atoms with van der Waals surface area (Å²) in [6, 6.07) is 20.9. The fourth-order valence-corrected chi connectivity index (χ4v) is 2.81. The number of rotatable bonds is 5. The van der Waals surface area contributed by atoms with E-state index in [-0.39, 0.29) is 11.2 Å². The van der Waals surface area contributed by atoms with Crippen molar-refractivity contribution in [1.29, 1.82) is 0 Å². The van der Waals surface area contributed by atoms with Gasteiger partial charge in [-0.05, 0) is 40.6 Å². The highest BCUT2D eigenvalue weighted by atomic mass is 35.5. The third-order valence-electron chi connectivity index (χ3n) is 3.98. The van der Waals surface area contributed by atoms with E-state index in [1.807, 2.05) is 60.7 Å². The molecule has 5 nitrogen and oxygen atoms in total. The van der Waals surface area contributed by atoms with Crippen molar-refractivity contribution in [3.63, 3.8) is 0 Å². The molecular formula is C21H14ClFN4O. The van der Waals surface area contributed by atoms with Crippen molar-refractivity contribution in [2.75, 3.05) is 5.43 Å². The molecule has 0 unspecified atom stereocenters. The molecule has 0 atom stereocenters. The van der Waals surface area contributed by atoms with E-state index in [0.717, 1.165) is 22.7 Å². The van der Waals surface area contributed by atoms with E-state index in [2.05, 4.69) is 20.5 Å². The Morgan fingerprint density at radius 1 is 1.00 bits per heavy atom. The van der Waals surface area contributed by atoms with Gasteiger partial charge in [-0.2, -0.15) is 14.5 Å². The first-order valence-electron chi connectivity index (χ1n) is 8.42. The average molecular weight is 393 g/mol. The molecule has 0 bridgehead atoms. The topological polar surface area (TPSA) is 59.4 Å². The number of ether oxygens (including phenoxy) is 1. The summed E-state index contributed by atoms with van der Waals surface area (Å²) in [6.45, 7) is 0. The molecule has 28 heavy (non-hydrogen) atoms. The fourth-order valence-electron chi connectivity index (χ4n) is 2.69. The van der Waals surface area contributed by atoms with Gasteiger partial charge in [-0.15, -0.1) is 0 Å². The van der Waals surface area contributed by atoms with E-state index in [4.69, 9.17) is 16.3 Å². The summed E-state index contributed by atoms with van der Waals surface area (Å²) < 4.78 is 19.7. The second kappa shape index (κ2) is 8.02. The molecule has 4 rings (SSSR count). The minimum absolute atomic E-state index is 0.0989. The molecule has 0 fully saturated rings. The Kier molecular flexibility index (Phi) is 5.12. The van der Waals surface area contributed by atoms with Crippen LogP contribution in [0.25, 0.3) is 10.8 Å². The van der Waals surface area contributed by atoms with Crippen molar-refractivity contribution in [1.82, 2.24) is 9.97 Å². The summed E-state index contributed by atoms with van der Waals surface area (Å²) in [5.41, 5.74) is 4.48. The van der Waals surface area contributed by atoms with Gasteiger partial charge < -0.3 is 4.74 Å². The molecule has 0 aliphatic carbocycles. The smallest absolute Gasteiger partial charge is 0.260 e. The Balaban J connectivity index is 1.73. The van der Waals surface area contributed by atoms with Crippen molar-refractivity contribution in [3.8, 4) is 11.6 Å². The lowest BCUT2D eigenvalue weighted by molar-refractivity contribution is 0.420. The van der Waals surface area contributed by atoms with Gasteiger partial charge in [0.25, 0.3) is 5.88 Å². The number of hydrogen-bond acceptors (Lipinski definition) is 5. The van der Waals surface area contributed by atoms with Crippen molar-refractivity contribution in [2.45, 2.75) is 0 Å². The Hall–Kier alpha value is -3.51. The van der Waals surface area contributed by atoms with Crippen LogP contribution in [0.15, 0.2) is 78.0 Å². The lowest BCUT2D eigenvalue weighted by Gasteiger charge is -2.11. The monoisotopic (exact) mass is 392 g/mol. The predicted molar refractivity (Wildman–Crippen MR) is 109 cm³/mol. The molecule has 0 saturated heterocycles. The zero-order valence-corrected chi connectivity index (χ0v) is 15.3. The lowest BCUT2D eigenvalue weighted by Crippen LogP contribution is -1.99. The summed E-state index contributed by atoms with van der Waals surface area (Å²) in [6.07, 6.45) is 2.60. The molecule has 7 heteroatoms. The molecule has 0 spiro atoms. The number of hydrogen-bond donors (Lipinski definition) is 1. The number of fused-ring (bicyclic) bond motifs is 1. The molecule has 1 N–H and O–H groups in total. The zero-order chi connectivity index (χ0) is 19.3. The third-order valence-corrected chi connectivity index (χ3v) is 4.16.